The minimum Gasteiger partial charge on any atom is -0.606 e. The second kappa shape index (κ2) is 18.6. The molecule has 0 radical (unpaired) electrons. The van der Waals surface area contributed by atoms with E-state index in [0.29, 0.717) is 17.8 Å². The average Bonchev–Trinajstić information content (AvgIpc) is 3.44. The number of Topliss-reactive ketones (excluding diaryl/α,β-unsaturated/α-hetero) is 1. The molecule has 0 bridgehead atoms. The Labute approximate surface area is 355 Å². The third-order valence-electron chi connectivity index (χ3n) is 11.7. The zero-order valence-corrected chi connectivity index (χ0v) is 37.1. The van der Waals surface area contributed by atoms with Crippen molar-refractivity contribution >= 4 is 46.3 Å². The van der Waals surface area contributed by atoms with Crippen molar-refractivity contribution in [3.05, 3.63) is 124 Å². The van der Waals surface area contributed by atoms with Gasteiger partial charge in [0.25, 0.3) is 0 Å². The van der Waals surface area contributed by atoms with Crippen LogP contribution in [0.3, 0.4) is 0 Å². The number of hydroxylamine groups is 1. The van der Waals surface area contributed by atoms with Gasteiger partial charge in [-0.05, 0) is 71.2 Å². The second-order valence-corrected chi connectivity index (χ2v) is 18.3. The van der Waals surface area contributed by atoms with Gasteiger partial charge in [0.1, 0.15) is 11.4 Å². The molecule has 1 heterocycles. The number of amides is 2. The first kappa shape index (κ1) is 45.2. The molecule has 11 heteroatoms. The predicted molar refractivity (Wildman–Crippen MR) is 238 cm³/mol. The maximum atomic E-state index is 14.5. The monoisotopic (exact) mass is 823 g/mol. The van der Waals surface area contributed by atoms with Crippen molar-refractivity contribution in [3.8, 4) is 5.75 Å². The van der Waals surface area contributed by atoms with E-state index < -0.39 is 46.4 Å². The number of hydrogen-bond donors (Lipinski definition) is 3. The number of para-hydroxylation sites is 1. The Balaban J connectivity index is 1.46. The highest BCUT2D eigenvalue weighted by Crippen LogP contribution is 2.39. The summed E-state index contributed by atoms with van der Waals surface area (Å²) in [5.41, 5.74) is 3.30. The molecule has 1 saturated heterocycles. The Morgan fingerprint density at radius 3 is 2.07 bits per heavy atom. The fraction of sp³-hybridized carbons (Fsp3) is 0.438. The minimum atomic E-state index is -1.65. The number of nitrogens with zero attached hydrogens (tertiary/aromatic N) is 2. The lowest BCUT2D eigenvalue weighted by Crippen LogP contribution is -3.17. The van der Waals surface area contributed by atoms with Gasteiger partial charge in [-0.2, -0.15) is 5.01 Å². The molecule has 5 rings (SSSR count). The Hall–Kier alpha value is -4.90. The van der Waals surface area contributed by atoms with Crippen LogP contribution in [0.2, 0.25) is 5.02 Å². The lowest BCUT2D eigenvalue weighted by molar-refractivity contribution is -0.875. The standard InChI is InChI=1S/C48H62ClN5O5/c1-11-20-40(59-39-28-25-33(47(7,8)12-2)29-36(39)48(9,10)13-3)50-34-26-27-37(49)38(30-34)51-44(56)41(43(55)46(4,5)6)42-45(57)52(31-32-21-16-14-17-22-32)53(54(42)58)35-23-18-15-19-24-35/h14-19,21-30,40-42,50,54H,11-13,20,31H2,1-10H3,(H,51,56). The summed E-state index contributed by atoms with van der Waals surface area (Å²) in [5, 5.41) is 23.0. The van der Waals surface area contributed by atoms with Crippen molar-refractivity contribution in [3.63, 3.8) is 0 Å². The number of ether oxygens (including phenoxy) is 1. The van der Waals surface area contributed by atoms with Gasteiger partial charge in [0.05, 0.1) is 17.3 Å². The Bertz CT molecular complexity index is 2080. The van der Waals surface area contributed by atoms with Crippen LogP contribution in [0.25, 0.3) is 0 Å². The van der Waals surface area contributed by atoms with Gasteiger partial charge in [0, 0.05) is 23.1 Å². The van der Waals surface area contributed by atoms with Gasteiger partial charge < -0.3 is 20.6 Å². The Morgan fingerprint density at radius 1 is 0.847 bits per heavy atom. The fourth-order valence-electron chi connectivity index (χ4n) is 7.19. The van der Waals surface area contributed by atoms with Crippen LogP contribution in [-0.4, -0.2) is 34.9 Å². The minimum absolute atomic E-state index is 0.0139. The molecule has 0 aromatic heterocycles. The summed E-state index contributed by atoms with van der Waals surface area (Å²) in [6, 6.07) is 28.1. The number of benzene rings is 4. The molecule has 2 amide bonds. The molecule has 3 N–H and O–H groups in total. The smallest absolute Gasteiger partial charge is 0.307 e. The number of rotatable bonds is 17. The molecule has 4 aromatic carbocycles. The van der Waals surface area contributed by atoms with Gasteiger partial charge in [-0.15, -0.1) is 5.12 Å². The molecule has 1 aliphatic heterocycles. The fourth-order valence-corrected chi connectivity index (χ4v) is 7.35. The molecule has 4 aromatic rings. The van der Waals surface area contributed by atoms with Crippen molar-refractivity contribution in [2.45, 2.75) is 125 Å². The van der Waals surface area contributed by atoms with Crippen molar-refractivity contribution in [1.29, 1.82) is 0 Å². The van der Waals surface area contributed by atoms with Gasteiger partial charge >= 0.3 is 5.91 Å². The number of carbonyl (C=O) groups excluding carboxylic acids is 3. The number of hydrogen-bond acceptors (Lipinski definition) is 7. The number of hydrazine groups is 1. The van der Waals surface area contributed by atoms with Crippen molar-refractivity contribution < 1.29 is 24.3 Å². The summed E-state index contributed by atoms with van der Waals surface area (Å²) >= 11 is 6.72. The molecule has 59 heavy (non-hydrogen) atoms. The van der Waals surface area contributed by atoms with E-state index in [-0.39, 0.29) is 28.1 Å². The first-order chi connectivity index (χ1) is 27.8. The highest BCUT2D eigenvalue weighted by molar-refractivity contribution is 6.34. The summed E-state index contributed by atoms with van der Waals surface area (Å²) in [7, 11) is 0. The zero-order valence-electron chi connectivity index (χ0n) is 36.3. The zero-order chi connectivity index (χ0) is 43.3. The van der Waals surface area contributed by atoms with Crippen LogP contribution in [-0.2, 0) is 31.8 Å². The number of anilines is 3. The van der Waals surface area contributed by atoms with E-state index in [1.165, 1.54) is 15.7 Å². The molecule has 10 nitrogen and oxygen atoms in total. The molecule has 1 aliphatic rings. The quantitative estimate of drug-likeness (QED) is 0.0552. The SMILES string of the molecule is CCCC(Nc1ccc(Cl)c(NC(=O)C(C(=O)C(C)(C)C)C2C(=O)N(Cc3ccccc3)N(c3ccccc3)[NH+]2[O-])c1)Oc1ccc(C(C)(C)CC)cc1C(C)(C)CC. The third-order valence-corrected chi connectivity index (χ3v) is 12.0. The number of carbonyl (C=O) groups is 3. The maximum Gasteiger partial charge on any atom is 0.307 e. The molecule has 4 atom stereocenters. The van der Waals surface area contributed by atoms with E-state index in [9.17, 15) is 19.6 Å². The summed E-state index contributed by atoms with van der Waals surface area (Å²) in [6.07, 6.45) is 3.03. The van der Waals surface area contributed by atoms with Crippen molar-refractivity contribution in [1.82, 2.24) is 5.01 Å². The van der Waals surface area contributed by atoms with E-state index in [1.54, 1.807) is 63.2 Å². The van der Waals surface area contributed by atoms with Gasteiger partial charge in [-0.1, -0.05) is 148 Å². The third kappa shape index (κ3) is 10.3. The largest absolute Gasteiger partial charge is 0.606 e. The molecule has 0 saturated carbocycles. The Kier molecular flexibility index (Phi) is 14.2. The molecule has 0 spiro atoms. The molecule has 4 unspecified atom stereocenters. The van der Waals surface area contributed by atoms with E-state index >= 15 is 0 Å². The molecule has 316 valence electrons. The molecule has 0 aliphatic carbocycles. The summed E-state index contributed by atoms with van der Waals surface area (Å²) in [5.74, 6) is -2.82. The van der Waals surface area contributed by atoms with E-state index in [1.807, 2.05) is 36.4 Å². The van der Waals surface area contributed by atoms with Crippen molar-refractivity contribution in [2.24, 2.45) is 11.3 Å². The van der Waals surface area contributed by atoms with Gasteiger partial charge in [0.2, 0.25) is 11.9 Å². The second-order valence-electron chi connectivity index (χ2n) is 17.8. The highest BCUT2D eigenvalue weighted by Gasteiger charge is 2.56. The maximum absolute atomic E-state index is 14.5. The van der Waals surface area contributed by atoms with Crippen LogP contribution in [0.4, 0.5) is 17.1 Å². The van der Waals surface area contributed by atoms with E-state index in [2.05, 4.69) is 77.3 Å². The summed E-state index contributed by atoms with van der Waals surface area (Å²) < 4.78 is 6.77. The molecule has 1 fully saturated rings. The van der Waals surface area contributed by atoms with E-state index in [0.717, 1.165) is 36.1 Å². The summed E-state index contributed by atoms with van der Waals surface area (Å²) in [4.78, 5) is 43.2. The first-order valence-electron chi connectivity index (χ1n) is 20.8. The number of ketones is 1. The number of quaternary nitrogens is 1. The van der Waals surface area contributed by atoms with Crippen LogP contribution < -0.4 is 25.7 Å². The van der Waals surface area contributed by atoms with E-state index in [4.69, 9.17) is 16.3 Å². The van der Waals surface area contributed by atoms with Crippen LogP contribution in [0.1, 0.15) is 112 Å². The number of halogens is 1. The summed E-state index contributed by atoms with van der Waals surface area (Å²) in [6.45, 7) is 20.6. The van der Waals surface area contributed by atoms with Crippen LogP contribution in [0, 0.1) is 16.5 Å². The van der Waals surface area contributed by atoms with Crippen LogP contribution in [0.5, 0.6) is 5.75 Å². The lowest BCUT2D eigenvalue weighted by Gasteiger charge is -2.35. The topological polar surface area (TPSA) is 118 Å². The predicted octanol–water partition coefficient (Wildman–Crippen LogP) is 9.63. The van der Waals surface area contributed by atoms with Crippen LogP contribution >= 0.6 is 11.6 Å². The Morgan fingerprint density at radius 2 is 1.47 bits per heavy atom. The van der Waals surface area contributed by atoms with Crippen molar-refractivity contribution in [2.75, 3.05) is 15.8 Å². The lowest BCUT2D eigenvalue weighted by atomic mass is 9.76. The average molecular weight is 825 g/mol. The normalized spacial score (nSPS) is 17.1. The first-order valence-corrected chi connectivity index (χ1v) is 21.2. The molecular weight excluding hydrogens is 762 g/mol. The van der Waals surface area contributed by atoms with Gasteiger partial charge in [0.15, 0.2) is 17.9 Å². The van der Waals surface area contributed by atoms with Crippen LogP contribution in [0.15, 0.2) is 97.1 Å². The van der Waals surface area contributed by atoms with Gasteiger partial charge in [-0.25, -0.2) is 5.17 Å². The molecular formula is C48H62ClN5O5. The number of nitrogens with one attached hydrogen (secondary N) is 3. The van der Waals surface area contributed by atoms with Gasteiger partial charge in [-0.3, -0.25) is 14.4 Å². The highest BCUT2D eigenvalue weighted by atomic mass is 35.5.